The zero-order chi connectivity index (χ0) is 12.5. The molecule has 0 bridgehead atoms. The number of carbonyl (C=O) groups is 1. The normalized spacial score (nSPS) is 10.2. The highest BCUT2D eigenvalue weighted by Gasteiger charge is 2.05. The van der Waals surface area contributed by atoms with Crippen molar-refractivity contribution in [3.05, 3.63) is 29.6 Å². The molecule has 1 rings (SSSR count). The predicted molar refractivity (Wildman–Crippen MR) is 68.8 cm³/mol. The van der Waals surface area contributed by atoms with Crippen molar-refractivity contribution in [2.45, 2.75) is 32.6 Å². The second-order valence-electron chi connectivity index (χ2n) is 4.18. The van der Waals surface area contributed by atoms with E-state index in [-0.39, 0.29) is 5.91 Å². The van der Waals surface area contributed by atoms with Gasteiger partial charge in [0, 0.05) is 12.7 Å². The summed E-state index contributed by atoms with van der Waals surface area (Å²) in [7, 11) is 0. The van der Waals surface area contributed by atoms with E-state index in [0.29, 0.717) is 12.2 Å². The summed E-state index contributed by atoms with van der Waals surface area (Å²) in [5.41, 5.74) is 6.95. The number of hydrogen-bond acceptors (Lipinski definition) is 3. The van der Waals surface area contributed by atoms with Crippen LogP contribution in [0.25, 0.3) is 0 Å². The number of rotatable bonds is 7. The molecule has 17 heavy (non-hydrogen) atoms. The summed E-state index contributed by atoms with van der Waals surface area (Å²) >= 11 is 0. The van der Waals surface area contributed by atoms with Gasteiger partial charge in [-0.15, -0.1) is 0 Å². The van der Waals surface area contributed by atoms with Crippen LogP contribution >= 0.6 is 0 Å². The van der Waals surface area contributed by atoms with Crippen molar-refractivity contribution in [3.8, 4) is 0 Å². The average Bonchev–Trinajstić information content (AvgIpc) is 2.33. The first-order chi connectivity index (χ1) is 8.24. The van der Waals surface area contributed by atoms with E-state index in [1.807, 2.05) is 13.0 Å². The highest BCUT2D eigenvalue weighted by molar-refractivity contribution is 5.92. The van der Waals surface area contributed by atoms with Crippen LogP contribution < -0.4 is 11.1 Å². The lowest BCUT2D eigenvalue weighted by Gasteiger charge is -2.04. The zero-order valence-electron chi connectivity index (χ0n) is 10.4. The van der Waals surface area contributed by atoms with Crippen LogP contribution in [0.3, 0.4) is 0 Å². The van der Waals surface area contributed by atoms with Gasteiger partial charge >= 0.3 is 0 Å². The lowest BCUT2D eigenvalue weighted by atomic mass is 10.2. The molecular weight excluding hydrogens is 214 g/mol. The topological polar surface area (TPSA) is 68.0 Å². The Bertz CT molecular complexity index is 352. The van der Waals surface area contributed by atoms with E-state index in [1.54, 1.807) is 12.3 Å². The van der Waals surface area contributed by atoms with Gasteiger partial charge in [-0.05, 0) is 44.0 Å². The van der Waals surface area contributed by atoms with Crippen LogP contribution in [0.2, 0.25) is 0 Å². The molecule has 0 atom stereocenters. The number of unbranched alkanes of at least 4 members (excludes halogenated alkanes) is 3. The number of hydrogen-bond donors (Lipinski definition) is 2. The highest BCUT2D eigenvalue weighted by atomic mass is 16.1. The number of nitrogens with two attached hydrogens (primary N) is 1. The van der Waals surface area contributed by atoms with Gasteiger partial charge in [0.05, 0.1) is 0 Å². The number of amides is 1. The Morgan fingerprint density at radius 3 is 2.82 bits per heavy atom. The first kappa shape index (κ1) is 13.6. The molecular formula is C13H21N3O. The van der Waals surface area contributed by atoms with Crippen LogP contribution in [0.4, 0.5) is 0 Å². The molecule has 0 aromatic carbocycles. The third-order valence-electron chi connectivity index (χ3n) is 2.56. The monoisotopic (exact) mass is 235 g/mol. The molecule has 4 nitrogen and oxygen atoms in total. The number of nitrogens with zero attached hydrogens (tertiary/aromatic N) is 1. The number of aromatic nitrogens is 1. The largest absolute Gasteiger partial charge is 0.351 e. The minimum atomic E-state index is -0.0903. The number of pyridine rings is 1. The van der Waals surface area contributed by atoms with Gasteiger partial charge in [0.2, 0.25) is 0 Å². The molecule has 0 aliphatic heterocycles. The Balaban J connectivity index is 2.21. The third-order valence-corrected chi connectivity index (χ3v) is 2.56. The van der Waals surface area contributed by atoms with Crippen molar-refractivity contribution in [2.24, 2.45) is 5.73 Å². The summed E-state index contributed by atoms with van der Waals surface area (Å²) in [6.07, 6.45) is 5.96. The number of aryl methyl sites for hydroxylation is 1. The fourth-order valence-electron chi connectivity index (χ4n) is 1.58. The first-order valence-corrected chi connectivity index (χ1v) is 6.15. The van der Waals surface area contributed by atoms with E-state index in [1.165, 1.54) is 0 Å². The minimum absolute atomic E-state index is 0.0903. The Morgan fingerprint density at radius 2 is 2.12 bits per heavy atom. The van der Waals surface area contributed by atoms with Gasteiger partial charge in [-0.25, -0.2) is 0 Å². The molecule has 4 heteroatoms. The summed E-state index contributed by atoms with van der Waals surface area (Å²) in [4.78, 5) is 15.7. The van der Waals surface area contributed by atoms with Gasteiger partial charge in [0.15, 0.2) is 0 Å². The molecule has 0 radical (unpaired) electrons. The molecule has 1 aromatic rings. The van der Waals surface area contributed by atoms with Crippen LogP contribution in [-0.2, 0) is 0 Å². The molecule has 94 valence electrons. The van der Waals surface area contributed by atoms with Crippen LogP contribution in [0.15, 0.2) is 18.3 Å². The maximum Gasteiger partial charge on any atom is 0.269 e. The molecule has 0 saturated carbocycles. The third kappa shape index (κ3) is 5.45. The summed E-state index contributed by atoms with van der Waals surface area (Å²) in [5, 5.41) is 2.87. The van der Waals surface area contributed by atoms with E-state index in [0.717, 1.165) is 37.8 Å². The number of nitrogens with one attached hydrogen (secondary N) is 1. The van der Waals surface area contributed by atoms with Crippen LogP contribution in [0.1, 0.15) is 41.7 Å². The molecule has 0 aliphatic carbocycles. The molecule has 1 heterocycles. The van der Waals surface area contributed by atoms with Crippen molar-refractivity contribution < 1.29 is 4.79 Å². The first-order valence-electron chi connectivity index (χ1n) is 6.15. The second-order valence-corrected chi connectivity index (χ2v) is 4.18. The van der Waals surface area contributed by atoms with Gasteiger partial charge in [0.25, 0.3) is 5.91 Å². The summed E-state index contributed by atoms with van der Waals surface area (Å²) in [5.74, 6) is -0.0903. The summed E-state index contributed by atoms with van der Waals surface area (Å²) < 4.78 is 0. The average molecular weight is 235 g/mol. The zero-order valence-corrected chi connectivity index (χ0v) is 10.4. The van der Waals surface area contributed by atoms with Gasteiger partial charge in [0.1, 0.15) is 5.69 Å². The van der Waals surface area contributed by atoms with Crippen LogP contribution in [0, 0.1) is 6.92 Å². The predicted octanol–water partition coefficient (Wildman–Crippen LogP) is 1.64. The molecule has 1 aromatic heterocycles. The van der Waals surface area contributed by atoms with Crippen molar-refractivity contribution >= 4 is 5.91 Å². The molecule has 3 N–H and O–H groups in total. The van der Waals surface area contributed by atoms with E-state index in [2.05, 4.69) is 10.3 Å². The fourth-order valence-corrected chi connectivity index (χ4v) is 1.58. The van der Waals surface area contributed by atoms with Gasteiger partial charge in [-0.3, -0.25) is 9.78 Å². The standard InChI is InChI=1S/C13H21N3O/c1-11-6-9-15-12(10-11)13(17)16-8-5-3-2-4-7-14/h6,9-10H,2-5,7-8,14H2,1H3,(H,16,17). The Labute approximate surface area is 103 Å². The Hall–Kier alpha value is -1.42. The molecule has 0 saturated heterocycles. The van der Waals surface area contributed by atoms with Crippen LogP contribution in [0.5, 0.6) is 0 Å². The maximum absolute atomic E-state index is 11.7. The minimum Gasteiger partial charge on any atom is -0.351 e. The lowest BCUT2D eigenvalue weighted by molar-refractivity contribution is 0.0948. The Kier molecular flexibility index (Phi) is 6.25. The smallest absolute Gasteiger partial charge is 0.269 e. The summed E-state index contributed by atoms with van der Waals surface area (Å²) in [6, 6.07) is 3.67. The van der Waals surface area contributed by atoms with E-state index < -0.39 is 0 Å². The quantitative estimate of drug-likeness (QED) is 0.706. The molecule has 0 fully saturated rings. The number of carbonyl (C=O) groups excluding carboxylic acids is 1. The van der Waals surface area contributed by atoms with Gasteiger partial charge in [-0.1, -0.05) is 12.8 Å². The Morgan fingerprint density at radius 1 is 1.35 bits per heavy atom. The van der Waals surface area contributed by atoms with Crippen molar-refractivity contribution in [1.29, 1.82) is 0 Å². The van der Waals surface area contributed by atoms with E-state index in [9.17, 15) is 4.79 Å². The molecule has 0 unspecified atom stereocenters. The highest BCUT2D eigenvalue weighted by Crippen LogP contribution is 2.00. The van der Waals surface area contributed by atoms with Crippen molar-refractivity contribution in [1.82, 2.24) is 10.3 Å². The van der Waals surface area contributed by atoms with Crippen molar-refractivity contribution in [3.63, 3.8) is 0 Å². The SMILES string of the molecule is Cc1ccnc(C(=O)NCCCCCCN)c1. The van der Waals surface area contributed by atoms with Gasteiger partial charge < -0.3 is 11.1 Å². The molecule has 0 spiro atoms. The van der Waals surface area contributed by atoms with E-state index in [4.69, 9.17) is 5.73 Å². The van der Waals surface area contributed by atoms with E-state index >= 15 is 0 Å². The second kappa shape index (κ2) is 7.79. The molecule has 1 amide bonds. The van der Waals surface area contributed by atoms with Crippen LogP contribution in [-0.4, -0.2) is 24.0 Å². The fraction of sp³-hybridized carbons (Fsp3) is 0.538. The van der Waals surface area contributed by atoms with Gasteiger partial charge in [-0.2, -0.15) is 0 Å². The molecule has 0 aliphatic rings. The summed E-state index contributed by atoms with van der Waals surface area (Å²) in [6.45, 7) is 3.41. The maximum atomic E-state index is 11.7. The van der Waals surface area contributed by atoms with Crippen molar-refractivity contribution in [2.75, 3.05) is 13.1 Å². The lowest BCUT2D eigenvalue weighted by Crippen LogP contribution is -2.25.